The van der Waals surface area contributed by atoms with Gasteiger partial charge >= 0.3 is 5.97 Å². The zero-order chi connectivity index (χ0) is 15.2. The van der Waals surface area contributed by atoms with Crippen LogP contribution in [0.5, 0.6) is 0 Å². The zero-order valence-corrected chi connectivity index (χ0v) is 12.5. The van der Waals surface area contributed by atoms with Crippen molar-refractivity contribution in [2.45, 2.75) is 25.1 Å². The van der Waals surface area contributed by atoms with Crippen molar-refractivity contribution < 1.29 is 15.7 Å². The maximum Gasteiger partial charge on any atom is 0.322 e. The molecule has 0 fully saturated rings. The molecule has 0 spiro atoms. The van der Waals surface area contributed by atoms with Gasteiger partial charge in [0.15, 0.2) is 0 Å². The molecule has 1 aliphatic rings. The van der Waals surface area contributed by atoms with Crippen molar-refractivity contribution >= 4 is 21.9 Å². The summed E-state index contributed by atoms with van der Waals surface area (Å²) in [5, 5.41) is 2.93. The van der Waals surface area contributed by atoms with Crippen molar-refractivity contribution in [3.63, 3.8) is 0 Å². The largest absolute Gasteiger partial charge is 0.468 e. The number of halogens is 1. The lowest BCUT2D eigenvalue weighted by Gasteiger charge is -2.18. The number of nitrogens with one attached hydrogen (secondary N) is 2. The molecule has 2 unspecified atom stereocenters. The summed E-state index contributed by atoms with van der Waals surface area (Å²) in [7, 11) is 1.32. The summed E-state index contributed by atoms with van der Waals surface area (Å²) in [6.07, 6.45) is 5.10. The van der Waals surface area contributed by atoms with E-state index in [1.165, 1.54) is 7.11 Å². The van der Waals surface area contributed by atoms with Gasteiger partial charge in [-0.2, -0.15) is 0 Å². The van der Waals surface area contributed by atoms with Crippen LogP contribution < -0.4 is 10.8 Å². The van der Waals surface area contributed by atoms with Crippen molar-refractivity contribution in [1.29, 1.82) is 0 Å². The number of pyridine rings is 1. The number of carbonyl (C=O) groups is 1. The summed E-state index contributed by atoms with van der Waals surface area (Å²) in [4.78, 5) is 21.1. The van der Waals surface area contributed by atoms with Crippen molar-refractivity contribution in [3.8, 4) is 0 Å². The molecule has 1 aliphatic heterocycles. The molecule has 0 saturated heterocycles. The number of esters is 1. The number of aromatic nitrogens is 1. The average Bonchev–Trinajstić information content (AvgIpc) is 2.91. The summed E-state index contributed by atoms with van der Waals surface area (Å²) in [5.74, 6) is -0.434. The number of nitrogens with zero attached hydrogens (tertiary/aromatic N) is 1. The Hall–Kier alpha value is -1.44. The maximum absolute atomic E-state index is 11.9. The third-order valence-corrected chi connectivity index (χ3v) is 3.16. The minimum Gasteiger partial charge on any atom is -0.468 e. The Kier molecular flexibility index (Phi) is 4.99. The van der Waals surface area contributed by atoms with Gasteiger partial charge in [-0.1, -0.05) is 6.07 Å². The molecule has 108 valence electrons. The molecule has 2 N–H and O–H groups in total. The van der Waals surface area contributed by atoms with Gasteiger partial charge in [0.1, 0.15) is 16.8 Å². The quantitative estimate of drug-likeness (QED) is 0.598. The van der Waals surface area contributed by atoms with E-state index in [2.05, 4.69) is 31.7 Å². The second kappa shape index (κ2) is 7.37. The average molecular weight is 343 g/mol. The number of methoxy groups -OCH3 is 1. The maximum atomic E-state index is 11.9. The van der Waals surface area contributed by atoms with E-state index in [1.54, 1.807) is 30.6 Å². The topological polar surface area (TPSA) is 72.5 Å². The molecule has 7 heteroatoms. The third-order valence-electron chi connectivity index (χ3n) is 2.73. The van der Waals surface area contributed by atoms with Crippen LogP contribution in [0.3, 0.4) is 0 Å². The standard InChI is InChI=1S/C13H16BrN3O3/c1-19-13(18)11(5-10-6-12(14)17-20-10)16-8-9-3-2-4-15-7-9/h2-4,6-7,10-11,16-17H,5,8H2,1H3/t10?,11-/m0/s1/i8D/t8?,10?,11-. The van der Waals surface area contributed by atoms with Gasteiger partial charge in [-0.05, 0) is 33.6 Å². The van der Waals surface area contributed by atoms with Gasteiger partial charge in [0.2, 0.25) is 0 Å². The van der Waals surface area contributed by atoms with E-state index in [0.29, 0.717) is 16.6 Å². The number of rotatable bonds is 6. The molecule has 0 radical (unpaired) electrons. The predicted octanol–water partition coefficient (Wildman–Crippen LogP) is 1.24. The molecule has 0 aromatic carbocycles. The van der Waals surface area contributed by atoms with Crippen LogP contribution in [0, 0.1) is 0 Å². The van der Waals surface area contributed by atoms with Gasteiger partial charge in [0.05, 0.1) is 7.11 Å². The highest BCUT2D eigenvalue weighted by molar-refractivity contribution is 9.11. The SMILES string of the molecule is [2H]C(N[C@@H](CC1C=C(Br)NO1)C(=O)OC)c1cccnc1. The van der Waals surface area contributed by atoms with E-state index in [0.717, 1.165) is 0 Å². The van der Waals surface area contributed by atoms with Crippen molar-refractivity contribution in [2.24, 2.45) is 0 Å². The summed E-state index contributed by atoms with van der Waals surface area (Å²) < 4.78 is 13.6. The normalized spacial score (nSPS) is 21.4. The van der Waals surface area contributed by atoms with Gasteiger partial charge in [0.25, 0.3) is 0 Å². The minimum atomic E-state index is -0.774. The van der Waals surface area contributed by atoms with Gasteiger partial charge in [0, 0.05) is 26.7 Å². The van der Waals surface area contributed by atoms with E-state index in [1.807, 2.05) is 0 Å². The summed E-state index contributed by atoms with van der Waals surface area (Å²) >= 11 is 3.25. The first-order valence-electron chi connectivity index (χ1n) is 6.63. The number of ether oxygens (including phenoxy) is 1. The summed E-state index contributed by atoms with van der Waals surface area (Å²) in [6, 6.07) is 2.87. The fourth-order valence-corrected chi connectivity index (χ4v) is 2.13. The molecule has 2 rings (SSSR count). The number of hydrogen-bond donors (Lipinski definition) is 2. The first kappa shape index (κ1) is 13.5. The fourth-order valence-electron chi connectivity index (χ4n) is 1.74. The second-order valence-electron chi connectivity index (χ2n) is 4.18. The Bertz CT molecular complexity index is 515. The van der Waals surface area contributed by atoms with E-state index in [9.17, 15) is 4.79 Å². The van der Waals surface area contributed by atoms with Gasteiger partial charge in [-0.3, -0.25) is 20.1 Å². The minimum absolute atomic E-state index is 0.280. The molecule has 3 atom stereocenters. The third kappa shape index (κ3) is 4.29. The first-order valence-corrected chi connectivity index (χ1v) is 6.84. The Balaban J connectivity index is 2.01. The highest BCUT2D eigenvalue weighted by Gasteiger charge is 2.25. The molecule has 0 bridgehead atoms. The fraction of sp³-hybridized carbons (Fsp3) is 0.385. The Labute approximate surface area is 127 Å². The molecule has 1 aromatic rings. The van der Waals surface area contributed by atoms with Crippen LogP contribution in [0.25, 0.3) is 0 Å². The smallest absolute Gasteiger partial charge is 0.322 e. The molecule has 0 saturated carbocycles. The highest BCUT2D eigenvalue weighted by Crippen LogP contribution is 2.16. The first-order chi connectivity index (χ1) is 10.1. The van der Waals surface area contributed by atoms with Crippen LogP contribution in [0.4, 0.5) is 0 Å². The highest BCUT2D eigenvalue weighted by atomic mass is 79.9. The Morgan fingerprint density at radius 3 is 3.25 bits per heavy atom. The van der Waals surface area contributed by atoms with Crippen LogP contribution in [-0.4, -0.2) is 30.2 Å². The van der Waals surface area contributed by atoms with Crippen LogP contribution in [0.1, 0.15) is 13.4 Å². The number of carbonyl (C=O) groups excluding carboxylic acids is 1. The van der Waals surface area contributed by atoms with Crippen LogP contribution in [-0.2, 0) is 20.9 Å². The van der Waals surface area contributed by atoms with Crippen LogP contribution in [0.15, 0.2) is 35.2 Å². The molecule has 6 nitrogen and oxygen atoms in total. The lowest BCUT2D eigenvalue weighted by molar-refractivity contribution is -0.144. The van der Waals surface area contributed by atoms with E-state index >= 15 is 0 Å². The number of hydroxylamine groups is 1. The van der Waals surface area contributed by atoms with Gasteiger partial charge in [-0.15, -0.1) is 0 Å². The molecule has 0 amide bonds. The second-order valence-corrected chi connectivity index (χ2v) is 5.04. The van der Waals surface area contributed by atoms with E-state index in [-0.39, 0.29) is 6.10 Å². The van der Waals surface area contributed by atoms with Gasteiger partial charge in [-0.25, -0.2) is 0 Å². The lowest BCUT2D eigenvalue weighted by atomic mass is 10.1. The molecule has 1 aromatic heterocycles. The van der Waals surface area contributed by atoms with Crippen LogP contribution in [0.2, 0.25) is 0 Å². The summed E-state index contributed by atoms with van der Waals surface area (Å²) in [6.45, 7) is -0.774. The molecule has 2 heterocycles. The number of hydrogen-bond acceptors (Lipinski definition) is 6. The molecule has 0 aliphatic carbocycles. The van der Waals surface area contributed by atoms with Gasteiger partial charge < -0.3 is 10.1 Å². The van der Waals surface area contributed by atoms with Crippen molar-refractivity contribution in [2.75, 3.05) is 7.11 Å². The molecular formula is C13H16BrN3O3. The predicted molar refractivity (Wildman–Crippen MR) is 76.5 cm³/mol. The van der Waals surface area contributed by atoms with E-state index in [4.69, 9.17) is 10.9 Å². The molecule has 20 heavy (non-hydrogen) atoms. The molecular weight excluding hydrogens is 326 g/mol. The summed E-state index contributed by atoms with van der Waals surface area (Å²) in [5.41, 5.74) is 3.33. The van der Waals surface area contributed by atoms with Crippen LogP contribution >= 0.6 is 15.9 Å². The Morgan fingerprint density at radius 1 is 1.80 bits per heavy atom. The van der Waals surface area contributed by atoms with E-state index < -0.39 is 18.5 Å². The van der Waals surface area contributed by atoms with Crippen molar-refractivity contribution in [1.82, 2.24) is 15.8 Å². The lowest BCUT2D eigenvalue weighted by Crippen LogP contribution is -2.40. The Morgan fingerprint density at radius 2 is 2.65 bits per heavy atom. The monoisotopic (exact) mass is 342 g/mol. The zero-order valence-electron chi connectivity index (χ0n) is 11.9. The van der Waals surface area contributed by atoms with Crippen molar-refractivity contribution in [3.05, 3.63) is 40.8 Å².